The Morgan fingerprint density at radius 1 is 1.25 bits per heavy atom. The van der Waals surface area contributed by atoms with Crippen LogP contribution in [0.2, 0.25) is 5.02 Å². The maximum atomic E-state index is 14.1. The van der Waals surface area contributed by atoms with Crippen LogP contribution in [0.15, 0.2) is 18.2 Å². The van der Waals surface area contributed by atoms with Crippen LogP contribution in [0.5, 0.6) is 11.5 Å². The summed E-state index contributed by atoms with van der Waals surface area (Å²) < 4.78 is 58.7. The van der Waals surface area contributed by atoms with Gasteiger partial charge >= 0.3 is 6.18 Å². The van der Waals surface area contributed by atoms with Gasteiger partial charge in [-0.3, -0.25) is 9.69 Å². The molecule has 1 aromatic heterocycles. The largest absolute Gasteiger partial charge is 0.493 e. The van der Waals surface area contributed by atoms with Crippen LogP contribution >= 0.6 is 11.6 Å². The third kappa shape index (κ3) is 5.65. The number of carbonyl (C=O) groups is 1. The number of rotatable bonds is 8. The number of methoxy groups -OCH3 is 2. The summed E-state index contributed by atoms with van der Waals surface area (Å²) in [6.07, 6.45) is -4.26. The molecule has 0 spiro atoms. The highest BCUT2D eigenvalue weighted by Gasteiger charge is 2.48. The van der Waals surface area contributed by atoms with Crippen LogP contribution in [-0.2, 0) is 4.74 Å². The van der Waals surface area contributed by atoms with Crippen molar-refractivity contribution in [3.8, 4) is 11.5 Å². The molecule has 36 heavy (non-hydrogen) atoms. The number of hydrogen-bond acceptors (Lipinski definition) is 7. The summed E-state index contributed by atoms with van der Waals surface area (Å²) in [5.41, 5.74) is 0.312. The maximum Gasteiger partial charge on any atom is 0.410 e. The molecule has 2 aliphatic heterocycles. The number of halogens is 4. The molecule has 2 aliphatic rings. The molecule has 0 bridgehead atoms. The van der Waals surface area contributed by atoms with Crippen molar-refractivity contribution >= 4 is 23.3 Å². The zero-order valence-electron chi connectivity index (χ0n) is 20.0. The lowest BCUT2D eigenvalue weighted by atomic mass is 9.96. The minimum atomic E-state index is -4.60. The van der Waals surface area contributed by atoms with Gasteiger partial charge in [-0.05, 0) is 30.7 Å². The van der Waals surface area contributed by atoms with Crippen LogP contribution < -0.4 is 20.1 Å². The number of nitrogens with one attached hydrogen (secondary N) is 2. The third-order valence-corrected chi connectivity index (χ3v) is 6.72. The van der Waals surface area contributed by atoms with Crippen LogP contribution in [0.1, 0.15) is 41.0 Å². The predicted molar refractivity (Wildman–Crippen MR) is 127 cm³/mol. The van der Waals surface area contributed by atoms with E-state index in [4.69, 9.17) is 25.8 Å². The highest BCUT2D eigenvalue weighted by atomic mass is 35.5. The van der Waals surface area contributed by atoms with Crippen molar-refractivity contribution in [3.05, 3.63) is 34.5 Å². The fourth-order valence-electron chi connectivity index (χ4n) is 4.44. The van der Waals surface area contributed by atoms with Gasteiger partial charge in [0.05, 0.1) is 33.5 Å². The average Bonchev–Trinajstić information content (AvgIpc) is 3.21. The predicted octanol–water partition coefficient (Wildman–Crippen LogP) is 3.67. The van der Waals surface area contributed by atoms with Crippen molar-refractivity contribution in [1.29, 1.82) is 0 Å². The van der Waals surface area contributed by atoms with Crippen molar-refractivity contribution < 1.29 is 32.2 Å². The van der Waals surface area contributed by atoms with Gasteiger partial charge in [0.1, 0.15) is 10.8 Å². The van der Waals surface area contributed by atoms with E-state index in [9.17, 15) is 18.0 Å². The van der Waals surface area contributed by atoms with Crippen LogP contribution in [0, 0.1) is 0 Å². The van der Waals surface area contributed by atoms with E-state index in [1.54, 1.807) is 18.2 Å². The lowest BCUT2D eigenvalue weighted by Gasteiger charge is -2.33. The molecule has 1 fully saturated rings. The van der Waals surface area contributed by atoms with E-state index in [2.05, 4.69) is 20.6 Å². The molecule has 0 saturated carbocycles. The molecule has 198 valence electrons. The van der Waals surface area contributed by atoms with Gasteiger partial charge in [0.2, 0.25) is 0 Å². The standard InChI is InChI=1S/C23H29ClF3N5O4/c1-34-16-5-4-14(12-17(16)35-2)15-13-18(23(25,26)27)32-21(29-15)19(24)20(30-32)22(33)28-6-3-7-31-8-10-36-11-9-31/h4-5,12,15,18,29H,3,6-11,13H2,1-2H3,(H,28,33)/t15-,18-/m1/s1. The van der Waals surface area contributed by atoms with E-state index >= 15 is 0 Å². The van der Waals surface area contributed by atoms with Gasteiger partial charge < -0.3 is 24.8 Å². The van der Waals surface area contributed by atoms with Crippen LogP contribution in [0.4, 0.5) is 19.0 Å². The normalized spacial score (nSPS) is 20.4. The van der Waals surface area contributed by atoms with E-state index in [0.29, 0.717) is 43.2 Å². The first-order valence-corrected chi connectivity index (χ1v) is 12.0. The molecule has 1 saturated heterocycles. The molecule has 0 aliphatic carbocycles. The van der Waals surface area contributed by atoms with Crippen molar-refractivity contribution in [1.82, 2.24) is 20.0 Å². The Balaban J connectivity index is 1.51. The molecule has 0 unspecified atom stereocenters. The van der Waals surface area contributed by atoms with Crippen LogP contribution in [0.3, 0.4) is 0 Å². The number of anilines is 1. The van der Waals surface area contributed by atoms with Crippen molar-refractivity contribution in [2.45, 2.75) is 31.1 Å². The van der Waals surface area contributed by atoms with Gasteiger partial charge in [-0.2, -0.15) is 18.3 Å². The smallest absolute Gasteiger partial charge is 0.410 e. The number of ether oxygens (including phenoxy) is 3. The number of hydrogen-bond donors (Lipinski definition) is 2. The molecule has 1 aromatic carbocycles. The summed E-state index contributed by atoms with van der Waals surface area (Å²) >= 11 is 6.41. The van der Waals surface area contributed by atoms with Crippen LogP contribution in [-0.4, -0.2) is 80.4 Å². The number of carbonyl (C=O) groups excluding carboxylic acids is 1. The van der Waals surface area contributed by atoms with Gasteiger partial charge in [0.15, 0.2) is 23.2 Å². The Kier molecular flexibility index (Phi) is 8.16. The maximum absolute atomic E-state index is 14.1. The number of fused-ring (bicyclic) bond motifs is 1. The topological polar surface area (TPSA) is 89.9 Å². The molecule has 13 heteroatoms. The zero-order chi connectivity index (χ0) is 25.9. The number of benzene rings is 1. The third-order valence-electron chi connectivity index (χ3n) is 6.36. The monoisotopic (exact) mass is 531 g/mol. The Bertz CT molecular complexity index is 1070. The minimum Gasteiger partial charge on any atom is -0.493 e. The SMILES string of the molecule is COc1ccc([C@H]2C[C@H](C(F)(F)F)n3nc(C(=O)NCCCN4CCOCC4)c(Cl)c3N2)cc1OC. The highest BCUT2D eigenvalue weighted by Crippen LogP contribution is 2.47. The lowest BCUT2D eigenvalue weighted by Crippen LogP contribution is -2.38. The molecular formula is C23H29ClF3N5O4. The molecule has 3 heterocycles. The summed E-state index contributed by atoms with van der Waals surface area (Å²) in [5, 5.41) is 9.57. The molecule has 0 radical (unpaired) electrons. The minimum absolute atomic E-state index is 0.0523. The number of aromatic nitrogens is 2. The second kappa shape index (κ2) is 11.1. The summed E-state index contributed by atoms with van der Waals surface area (Å²) in [7, 11) is 2.93. The van der Waals surface area contributed by atoms with E-state index in [-0.39, 0.29) is 23.0 Å². The number of alkyl halides is 3. The first-order valence-electron chi connectivity index (χ1n) is 11.6. The van der Waals surface area contributed by atoms with Gasteiger partial charge in [0.25, 0.3) is 5.91 Å². The van der Waals surface area contributed by atoms with E-state index in [0.717, 1.165) is 24.3 Å². The number of nitrogens with zero attached hydrogens (tertiary/aromatic N) is 3. The Labute approximate surface area is 211 Å². The molecule has 4 rings (SSSR count). The summed E-state index contributed by atoms with van der Waals surface area (Å²) in [5.74, 6) is 0.181. The van der Waals surface area contributed by atoms with Gasteiger partial charge in [-0.1, -0.05) is 17.7 Å². The number of amides is 1. The second-order valence-electron chi connectivity index (χ2n) is 8.62. The van der Waals surface area contributed by atoms with Crippen molar-refractivity contribution in [2.75, 3.05) is 58.9 Å². The fraction of sp³-hybridized carbons (Fsp3) is 0.565. The van der Waals surface area contributed by atoms with E-state index in [1.807, 2.05) is 0 Å². The summed E-state index contributed by atoms with van der Waals surface area (Å²) in [6.45, 7) is 4.15. The lowest BCUT2D eigenvalue weighted by molar-refractivity contribution is -0.173. The fourth-order valence-corrected chi connectivity index (χ4v) is 4.70. The highest BCUT2D eigenvalue weighted by molar-refractivity contribution is 6.36. The zero-order valence-corrected chi connectivity index (χ0v) is 20.8. The first kappa shape index (κ1) is 26.4. The van der Waals surface area contributed by atoms with E-state index in [1.165, 1.54) is 14.2 Å². The molecule has 1 amide bonds. The van der Waals surface area contributed by atoms with Crippen molar-refractivity contribution in [3.63, 3.8) is 0 Å². The molecule has 2 atom stereocenters. The summed E-state index contributed by atoms with van der Waals surface area (Å²) in [6, 6.07) is 2.19. The first-order chi connectivity index (χ1) is 17.2. The van der Waals surface area contributed by atoms with Gasteiger partial charge in [-0.15, -0.1) is 0 Å². The van der Waals surface area contributed by atoms with Gasteiger partial charge in [-0.25, -0.2) is 4.68 Å². The Morgan fingerprint density at radius 3 is 2.64 bits per heavy atom. The summed E-state index contributed by atoms with van der Waals surface area (Å²) in [4.78, 5) is 15.0. The number of morpholine rings is 1. The van der Waals surface area contributed by atoms with Crippen LogP contribution in [0.25, 0.3) is 0 Å². The van der Waals surface area contributed by atoms with Crippen molar-refractivity contribution in [2.24, 2.45) is 0 Å². The quantitative estimate of drug-likeness (QED) is 0.502. The molecule has 2 aromatic rings. The molecule has 2 N–H and O–H groups in total. The van der Waals surface area contributed by atoms with Gasteiger partial charge in [0, 0.05) is 26.1 Å². The second-order valence-corrected chi connectivity index (χ2v) is 9.00. The van der Waals surface area contributed by atoms with E-state index < -0.39 is 24.2 Å². The average molecular weight is 532 g/mol. The Morgan fingerprint density at radius 2 is 1.97 bits per heavy atom. The molecular weight excluding hydrogens is 503 g/mol. The molecule has 9 nitrogen and oxygen atoms in total. The Hall–Kier alpha value is -2.70.